The Kier molecular flexibility index (Phi) is 5.21. The van der Waals surface area contributed by atoms with Crippen molar-refractivity contribution in [2.45, 2.75) is 51.5 Å². The molecule has 1 unspecified atom stereocenters. The minimum absolute atomic E-state index is 0.122. The van der Waals surface area contributed by atoms with E-state index in [1.54, 1.807) is 38.1 Å². The number of fused-ring (bicyclic) bond motifs is 1. The van der Waals surface area contributed by atoms with E-state index in [1.807, 2.05) is 13.8 Å². The van der Waals surface area contributed by atoms with Gasteiger partial charge in [-0.2, -0.15) is 0 Å². The van der Waals surface area contributed by atoms with Gasteiger partial charge in [-0.1, -0.05) is 23.2 Å². The topological polar surface area (TPSA) is 115 Å². The van der Waals surface area contributed by atoms with E-state index in [0.29, 0.717) is 24.4 Å². The molecule has 3 heterocycles. The fraction of sp³-hybridized carbons (Fsp3) is 0.381. The van der Waals surface area contributed by atoms with Gasteiger partial charge >= 0.3 is 0 Å². The summed E-state index contributed by atoms with van der Waals surface area (Å²) in [4.78, 5) is 9.59. The molecule has 158 valence electrons. The Hall–Kier alpha value is -2.62. The molecule has 2 aromatic heterocycles. The minimum Gasteiger partial charge on any atom is -0.593 e. The fourth-order valence-corrected chi connectivity index (χ4v) is 5.40. The van der Waals surface area contributed by atoms with Gasteiger partial charge in [0.25, 0.3) is 0 Å². The largest absolute Gasteiger partial charge is 0.593 e. The van der Waals surface area contributed by atoms with Crippen molar-refractivity contribution >= 4 is 10.4 Å². The summed E-state index contributed by atoms with van der Waals surface area (Å²) in [6.07, 6.45) is 0.491. The van der Waals surface area contributed by atoms with Crippen LogP contribution in [-0.2, 0) is 27.6 Å². The number of phenolic OH excluding ortho intramolecular Hbond substituents is 1. The average Bonchev–Trinajstić information content (AvgIpc) is 3.06. The molecule has 3 aromatic rings. The second-order valence-electron chi connectivity index (χ2n) is 7.80. The van der Waals surface area contributed by atoms with Crippen LogP contribution in [0, 0.1) is 13.8 Å². The third-order valence-corrected chi connectivity index (χ3v) is 7.36. The number of aromatic nitrogens is 3. The van der Waals surface area contributed by atoms with Crippen molar-refractivity contribution in [3.63, 3.8) is 0 Å². The van der Waals surface area contributed by atoms with E-state index in [9.17, 15) is 13.9 Å². The lowest BCUT2D eigenvalue weighted by Gasteiger charge is -2.31. The summed E-state index contributed by atoms with van der Waals surface area (Å²) in [5, 5.41) is 13.5. The maximum atomic E-state index is 13.3. The highest BCUT2D eigenvalue weighted by Crippen LogP contribution is 2.35. The van der Waals surface area contributed by atoms with Crippen molar-refractivity contribution in [2.24, 2.45) is 0 Å². The number of phenols is 1. The first kappa shape index (κ1) is 20.6. The fourth-order valence-electron chi connectivity index (χ4n) is 3.70. The Morgan fingerprint density at radius 3 is 2.50 bits per heavy atom. The van der Waals surface area contributed by atoms with E-state index in [4.69, 9.17) is 14.5 Å². The van der Waals surface area contributed by atoms with E-state index in [1.165, 1.54) is 4.31 Å². The van der Waals surface area contributed by atoms with Gasteiger partial charge in [0.05, 0.1) is 24.5 Å². The van der Waals surface area contributed by atoms with Gasteiger partial charge in [-0.05, 0) is 31.2 Å². The standard InChI is InChI=1S/C21H24N4O4S/c1-12(2)21-22-18-9-10-25(30(27,28)20-13(3)24-29-14(20)4)11-17(18)19(23-21)15-5-7-16(26)8-6-15/h5-8,12H,9-11H2,1-4H3,(H-,22,23,26,27,28). The zero-order valence-electron chi connectivity index (χ0n) is 17.4. The summed E-state index contributed by atoms with van der Waals surface area (Å²) in [5.41, 5.74) is 3.50. The summed E-state index contributed by atoms with van der Waals surface area (Å²) in [6, 6.07) is 6.76. The monoisotopic (exact) mass is 428 g/mol. The van der Waals surface area contributed by atoms with Crippen molar-refractivity contribution in [1.29, 1.82) is 0 Å². The third kappa shape index (κ3) is 3.53. The molecule has 30 heavy (non-hydrogen) atoms. The van der Waals surface area contributed by atoms with Crippen LogP contribution in [0.5, 0.6) is 5.75 Å². The number of hydrogen-bond donors (Lipinski definition) is 1. The number of benzene rings is 1. The highest BCUT2D eigenvalue weighted by molar-refractivity contribution is 7.95. The van der Waals surface area contributed by atoms with E-state index >= 15 is 0 Å². The van der Waals surface area contributed by atoms with E-state index in [-0.39, 0.29) is 28.9 Å². The minimum atomic E-state index is -3.77. The summed E-state index contributed by atoms with van der Waals surface area (Å²) in [6.45, 7) is 7.77. The smallest absolute Gasteiger partial charge is 0.240 e. The second-order valence-corrected chi connectivity index (χ2v) is 9.67. The molecular formula is C21H24N4O4S. The van der Waals surface area contributed by atoms with Crippen LogP contribution in [0.2, 0.25) is 0 Å². The summed E-state index contributed by atoms with van der Waals surface area (Å²) < 4.78 is 33.2. The molecule has 1 N–H and O–H groups in total. The molecule has 1 aromatic carbocycles. The Balaban J connectivity index is 1.81. The lowest BCUT2D eigenvalue weighted by atomic mass is 9.99. The first-order valence-corrected chi connectivity index (χ1v) is 11.2. The number of hydrogen-bond acceptors (Lipinski definition) is 7. The number of sulfonamides is 1. The molecular weight excluding hydrogens is 404 g/mol. The lowest BCUT2D eigenvalue weighted by Crippen LogP contribution is -2.41. The molecule has 0 saturated carbocycles. The van der Waals surface area contributed by atoms with Gasteiger partial charge in [-0.3, -0.25) is 0 Å². The summed E-state index contributed by atoms with van der Waals surface area (Å²) in [5.74, 6) is 1.30. The Bertz CT molecular complexity index is 1120. The van der Waals surface area contributed by atoms with Crippen molar-refractivity contribution in [1.82, 2.24) is 19.4 Å². The maximum Gasteiger partial charge on any atom is 0.240 e. The summed E-state index contributed by atoms with van der Waals surface area (Å²) in [7, 11) is -3.77. The molecule has 0 aliphatic carbocycles. The number of nitrogens with zero attached hydrogens (tertiary/aromatic N) is 4. The molecule has 0 fully saturated rings. The van der Waals surface area contributed by atoms with Gasteiger partial charge in [-0.15, -0.1) is 4.31 Å². The molecule has 0 bridgehead atoms. The zero-order valence-corrected chi connectivity index (χ0v) is 18.2. The number of aryl methyl sites for hydroxylation is 2. The first-order chi connectivity index (χ1) is 14.2. The molecule has 0 amide bonds. The van der Waals surface area contributed by atoms with Crippen LogP contribution < -0.4 is 0 Å². The predicted molar refractivity (Wildman–Crippen MR) is 110 cm³/mol. The van der Waals surface area contributed by atoms with Crippen molar-refractivity contribution in [2.75, 3.05) is 6.54 Å². The van der Waals surface area contributed by atoms with Gasteiger partial charge in [0, 0.05) is 30.4 Å². The maximum absolute atomic E-state index is 13.3. The van der Waals surface area contributed by atoms with Crippen LogP contribution in [0.3, 0.4) is 0 Å². The van der Waals surface area contributed by atoms with E-state index in [2.05, 4.69) is 5.16 Å². The molecule has 1 atom stereocenters. The molecule has 0 radical (unpaired) electrons. The number of aromatic hydroxyl groups is 1. The first-order valence-electron chi connectivity index (χ1n) is 9.80. The number of rotatable bonds is 4. The molecule has 0 spiro atoms. The van der Waals surface area contributed by atoms with Crippen LogP contribution >= 0.6 is 0 Å². The Labute approximate surface area is 176 Å². The van der Waals surface area contributed by atoms with Crippen LogP contribution in [-0.4, -0.2) is 35.6 Å². The zero-order chi connectivity index (χ0) is 21.6. The molecule has 0 saturated heterocycles. The van der Waals surface area contributed by atoms with Gasteiger partial charge in [0.1, 0.15) is 17.3 Å². The predicted octanol–water partition coefficient (Wildman–Crippen LogP) is 3.54. The molecule has 1 aliphatic rings. The highest BCUT2D eigenvalue weighted by atomic mass is 32.3. The molecule has 9 heteroatoms. The van der Waals surface area contributed by atoms with Crippen molar-refractivity contribution < 1.29 is 18.4 Å². The average molecular weight is 429 g/mol. The van der Waals surface area contributed by atoms with Crippen LogP contribution in [0.25, 0.3) is 11.3 Å². The van der Waals surface area contributed by atoms with Crippen LogP contribution in [0.1, 0.15) is 48.3 Å². The van der Waals surface area contributed by atoms with Gasteiger partial charge in [-0.25, -0.2) is 9.97 Å². The van der Waals surface area contributed by atoms with Crippen LogP contribution in [0.15, 0.2) is 33.7 Å². The van der Waals surface area contributed by atoms with E-state index in [0.717, 1.165) is 22.6 Å². The van der Waals surface area contributed by atoms with Gasteiger partial charge in [0.2, 0.25) is 4.90 Å². The summed E-state index contributed by atoms with van der Waals surface area (Å²) >= 11 is 0. The van der Waals surface area contributed by atoms with Gasteiger partial charge in [0.15, 0.2) is 16.2 Å². The second kappa shape index (κ2) is 7.57. The third-order valence-electron chi connectivity index (χ3n) is 5.27. The highest BCUT2D eigenvalue weighted by Gasteiger charge is 2.39. The quantitative estimate of drug-likeness (QED) is 0.632. The van der Waals surface area contributed by atoms with Gasteiger partial charge < -0.3 is 14.2 Å². The van der Waals surface area contributed by atoms with Crippen molar-refractivity contribution in [3.05, 3.63) is 52.8 Å². The molecule has 1 aliphatic heterocycles. The lowest BCUT2D eigenvalue weighted by molar-refractivity contribution is 0.334. The Morgan fingerprint density at radius 1 is 1.20 bits per heavy atom. The SMILES string of the molecule is Cc1noc(C)c1[S+](=O)([O-])N1CCc2nc(C(C)C)nc(-c3ccc(O)cc3)c2C1. The van der Waals surface area contributed by atoms with E-state index < -0.39 is 10.4 Å². The Morgan fingerprint density at radius 2 is 1.90 bits per heavy atom. The van der Waals surface area contributed by atoms with Crippen LogP contribution in [0.4, 0.5) is 0 Å². The van der Waals surface area contributed by atoms with Crippen molar-refractivity contribution in [3.8, 4) is 17.0 Å². The normalized spacial score (nSPS) is 16.5. The molecule has 8 nitrogen and oxygen atoms in total. The molecule has 4 rings (SSSR count).